The first-order valence-corrected chi connectivity index (χ1v) is 10.7. The van der Waals surface area contributed by atoms with E-state index in [1.54, 1.807) is 42.6 Å². The van der Waals surface area contributed by atoms with Crippen LogP contribution in [0.1, 0.15) is 40.1 Å². The molecule has 7 heteroatoms. The summed E-state index contributed by atoms with van der Waals surface area (Å²) in [5.41, 5.74) is 8.91. The van der Waals surface area contributed by atoms with E-state index >= 15 is 0 Å². The van der Waals surface area contributed by atoms with E-state index in [9.17, 15) is 15.0 Å². The number of nitrogens with one attached hydrogen (secondary N) is 2. The number of aliphatic hydroxyl groups excluding tert-OH is 1. The zero-order valence-corrected chi connectivity index (χ0v) is 18.2. The van der Waals surface area contributed by atoms with Crippen molar-refractivity contribution in [2.75, 3.05) is 18.8 Å². The number of aliphatic hydroxyl groups is 1. The van der Waals surface area contributed by atoms with Crippen molar-refractivity contribution < 1.29 is 15.0 Å². The number of anilines is 1. The first kappa shape index (κ1) is 23.2. The molecule has 0 saturated carbocycles. The smallest absolute Gasteiger partial charge is 0.251 e. The molecule has 0 aliphatic rings. The number of nitrogens with zero attached hydrogens (tertiary/aromatic N) is 1. The van der Waals surface area contributed by atoms with E-state index < -0.39 is 6.10 Å². The van der Waals surface area contributed by atoms with Crippen molar-refractivity contribution in [2.24, 2.45) is 0 Å². The highest BCUT2D eigenvalue weighted by atomic mass is 16.3. The Morgan fingerprint density at radius 3 is 2.62 bits per heavy atom. The maximum Gasteiger partial charge on any atom is 0.251 e. The third-order valence-electron chi connectivity index (χ3n) is 5.19. The minimum Gasteiger partial charge on any atom is -0.508 e. The largest absolute Gasteiger partial charge is 0.508 e. The summed E-state index contributed by atoms with van der Waals surface area (Å²) in [7, 11) is 0. The summed E-state index contributed by atoms with van der Waals surface area (Å²) in [4.78, 5) is 16.5. The summed E-state index contributed by atoms with van der Waals surface area (Å²) in [6.07, 6.45) is 2.27. The second-order valence-corrected chi connectivity index (χ2v) is 7.92. The van der Waals surface area contributed by atoms with E-state index in [1.165, 1.54) is 0 Å². The second-order valence-electron chi connectivity index (χ2n) is 7.92. The van der Waals surface area contributed by atoms with E-state index in [0.29, 0.717) is 36.5 Å². The zero-order chi connectivity index (χ0) is 22.9. The van der Waals surface area contributed by atoms with Gasteiger partial charge in [-0.15, -0.1) is 0 Å². The fourth-order valence-corrected chi connectivity index (χ4v) is 3.44. The Morgan fingerprint density at radius 1 is 1.09 bits per heavy atom. The Balaban J connectivity index is 1.46. The van der Waals surface area contributed by atoms with Crippen LogP contribution in [-0.4, -0.2) is 40.2 Å². The molecule has 0 aliphatic heterocycles. The van der Waals surface area contributed by atoms with E-state index in [1.807, 2.05) is 31.2 Å². The van der Waals surface area contributed by atoms with Gasteiger partial charge >= 0.3 is 0 Å². The molecule has 1 heterocycles. The number of nitrogen functional groups attached to an aromatic ring is 1. The van der Waals surface area contributed by atoms with Crippen molar-refractivity contribution in [3.05, 3.63) is 89.1 Å². The van der Waals surface area contributed by atoms with Crippen LogP contribution in [-0.2, 0) is 12.8 Å². The summed E-state index contributed by atoms with van der Waals surface area (Å²) < 4.78 is 0. The Labute approximate surface area is 188 Å². The Kier molecular flexibility index (Phi) is 8.19. The summed E-state index contributed by atoms with van der Waals surface area (Å²) in [5.74, 6) is 0.520. The quantitative estimate of drug-likeness (QED) is 0.335. The molecular formula is C25H30N4O3. The molecule has 7 nitrogen and oxygen atoms in total. The molecular weight excluding hydrogens is 404 g/mol. The SMILES string of the molecule is C[C@H](Cc1cccc(C(=O)NCCc2cccc(O)c2)c1)NC[C@@H](O)c1ccc(N)nc1. The number of aromatic hydroxyl groups is 1. The van der Waals surface area contributed by atoms with Gasteiger partial charge in [-0.1, -0.05) is 30.3 Å². The number of rotatable bonds is 10. The van der Waals surface area contributed by atoms with Gasteiger partial charge in [-0.2, -0.15) is 0 Å². The number of amides is 1. The summed E-state index contributed by atoms with van der Waals surface area (Å²) >= 11 is 0. The fourth-order valence-electron chi connectivity index (χ4n) is 3.44. The Hall–Kier alpha value is -3.42. The molecule has 168 valence electrons. The van der Waals surface area contributed by atoms with Crippen LogP contribution >= 0.6 is 0 Å². The third kappa shape index (κ3) is 7.08. The van der Waals surface area contributed by atoms with Gasteiger partial charge in [0, 0.05) is 36.5 Å². The molecule has 3 aromatic rings. The van der Waals surface area contributed by atoms with Gasteiger partial charge in [0.25, 0.3) is 5.91 Å². The van der Waals surface area contributed by atoms with Gasteiger partial charge in [0.05, 0.1) is 6.10 Å². The van der Waals surface area contributed by atoms with Gasteiger partial charge in [-0.05, 0) is 61.2 Å². The molecule has 6 N–H and O–H groups in total. The van der Waals surface area contributed by atoms with Crippen molar-refractivity contribution >= 4 is 11.7 Å². The van der Waals surface area contributed by atoms with Gasteiger partial charge in [-0.25, -0.2) is 4.98 Å². The lowest BCUT2D eigenvalue weighted by Crippen LogP contribution is -2.32. The highest BCUT2D eigenvalue weighted by Gasteiger charge is 2.12. The number of phenols is 1. The summed E-state index contributed by atoms with van der Waals surface area (Å²) in [5, 5.41) is 26.1. The standard InChI is InChI=1S/C25H30N4O3/c1-17(28-16-23(31)21-8-9-24(26)29-15-21)12-19-5-2-6-20(13-19)25(32)27-11-10-18-4-3-7-22(30)14-18/h2-9,13-15,17,23,28,30-31H,10-12,16H2,1H3,(H2,26,29)(H,27,32)/t17-,23-/m1/s1. The molecule has 0 fully saturated rings. The van der Waals surface area contributed by atoms with Gasteiger partial charge in [0.15, 0.2) is 0 Å². The minimum atomic E-state index is -0.672. The maximum atomic E-state index is 12.5. The number of hydrogen-bond donors (Lipinski definition) is 5. The van der Waals surface area contributed by atoms with Gasteiger partial charge in [0.2, 0.25) is 0 Å². The average Bonchev–Trinajstić information content (AvgIpc) is 2.78. The van der Waals surface area contributed by atoms with Gasteiger partial charge in [0.1, 0.15) is 11.6 Å². The van der Waals surface area contributed by atoms with Crippen LogP contribution in [0.4, 0.5) is 5.82 Å². The zero-order valence-electron chi connectivity index (χ0n) is 18.2. The molecule has 32 heavy (non-hydrogen) atoms. The van der Waals surface area contributed by atoms with Gasteiger partial charge in [-0.3, -0.25) is 4.79 Å². The normalized spacial score (nSPS) is 12.8. The lowest BCUT2D eigenvalue weighted by Gasteiger charge is -2.18. The van der Waals surface area contributed by atoms with Crippen molar-refractivity contribution in [3.8, 4) is 5.75 Å². The highest BCUT2D eigenvalue weighted by molar-refractivity contribution is 5.94. The molecule has 1 amide bonds. The molecule has 0 saturated heterocycles. The van der Waals surface area contributed by atoms with E-state index in [-0.39, 0.29) is 17.7 Å². The van der Waals surface area contributed by atoms with Crippen LogP contribution in [0.3, 0.4) is 0 Å². The highest BCUT2D eigenvalue weighted by Crippen LogP contribution is 2.14. The van der Waals surface area contributed by atoms with Crippen molar-refractivity contribution in [2.45, 2.75) is 31.9 Å². The van der Waals surface area contributed by atoms with Crippen LogP contribution in [0.2, 0.25) is 0 Å². The fraction of sp³-hybridized carbons (Fsp3) is 0.280. The van der Waals surface area contributed by atoms with E-state index in [4.69, 9.17) is 5.73 Å². The number of hydrogen-bond acceptors (Lipinski definition) is 6. The van der Waals surface area contributed by atoms with Crippen LogP contribution in [0.15, 0.2) is 66.9 Å². The lowest BCUT2D eigenvalue weighted by atomic mass is 10.0. The molecule has 2 aromatic carbocycles. The maximum absolute atomic E-state index is 12.5. The first-order chi connectivity index (χ1) is 15.4. The van der Waals surface area contributed by atoms with E-state index in [0.717, 1.165) is 17.5 Å². The number of benzene rings is 2. The number of carbonyl (C=O) groups excluding carboxylic acids is 1. The molecule has 0 spiro atoms. The topological polar surface area (TPSA) is 120 Å². The molecule has 2 atom stereocenters. The number of carbonyl (C=O) groups is 1. The van der Waals surface area contributed by atoms with Crippen LogP contribution in [0, 0.1) is 0 Å². The number of nitrogens with two attached hydrogens (primary N) is 1. The van der Waals surface area contributed by atoms with Gasteiger partial charge < -0.3 is 26.6 Å². The molecule has 3 rings (SSSR count). The molecule has 0 unspecified atom stereocenters. The number of aromatic nitrogens is 1. The van der Waals surface area contributed by atoms with Crippen LogP contribution in [0.25, 0.3) is 0 Å². The van der Waals surface area contributed by atoms with Crippen LogP contribution < -0.4 is 16.4 Å². The van der Waals surface area contributed by atoms with Crippen molar-refractivity contribution in [3.63, 3.8) is 0 Å². The number of phenolic OH excluding ortho intramolecular Hbond substituents is 1. The molecule has 0 aliphatic carbocycles. The first-order valence-electron chi connectivity index (χ1n) is 10.7. The Morgan fingerprint density at radius 2 is 1.88 bits per heavy atom. The molecule has 0 bridgehead atoms. The lowest BCUT2D eigenvalue weighted by molar-refractivity contribution is 0.0954. The monoisotopic (exact) mass is 434 g/mol. The van der Waals surface area contributed by atoms with Crippen molar-refractivity contribution in [1.82, 2.24) is 15.6 Å². The predicted molar refractivity (Wildman–Crippen MR) is 125 cm³/mol. The third-order valence-corrected chi connectivity index (χ3v) is 5.19. The molecule has 1 aromatic heterocycles. The van der Waals surface area contributed by atoms with E-state index in [2.05, 4.69) is 15.6 Å². The second kappa shape index (κ2) is 11.3. The van der Waals surface area contributed by atoms with Crippen LogP contribution in [0.5, 0.6) is 5.75 Å². The summed E-state index contributed by atoms with van der Waals surface area (Å²) in [6, 6.07) is 18.1. The Bertz CT molecular complexity index is 1020. The molecule has 0 radical (unpaired) electrons. The predicted octanol–water partition coefficient (Wildman–Crippen LogP) is 2.60. The van der Waals surface area contributed by atoms with Crippen molar-refractivity contribution in [1.29, 1.82) is 0 Å². The average molecular weight is 435 g/mol. The number of pyridine rings is 1. The minimum absolute atomic E-state index is 0.107. The summed E-state index contributed by atoms with van der Waals surface area (Å²) in [6.45, 7) is 2.92.